The number of amides is 2. The molecule has 162 valence electrons. The van der Waals surface area contributed by atoms with Crippen molar-refractivity contribution in [3.05, 3.63) is 58.5 Å². The van der Waals surface area contributed by atoms with E-state index < -0.39 is 0 Å². The molecule has 4 rings (SSSR count). The summed E-state index contributed by atoms with van der Waals surface area (Å²) in [6.07, 6.45) is 5.24. The van der Waals surface area contributed by atoms with Gasteiger partial charge < -0.3 is 15.4 Å². The lowest BCUT2D eigenvalue weighted by atomic mass is 9.78. The van der Waals surface area contributed by atoms with Gasteiger partial charge in [-0.1, -0.05) is 50.6 Å². The van der Waals surface area contributed by atoms with Crippen LogP contribution in [0.25, 0.3) is 6.08 Å². The largest absolute Gasteiger partial charge is 0.497 e. The van der Waals surface area contributed by atoms with Crippen molar-refractivity contribution in [1.29, 1.82) is 0 Å². The van der Waals surface area contributed by atoms with Gasteiger partial charge in [-0.2, -0.15) is 0 Å². The summed E-state index contributed by atoms with van der Waals surface area (Å²) in [5, 5.41) is 6.14. The molecule has 2 aromatic carbocycles. The van der Waals surface area contributed by atoms with E-state index in [9.17, 15) is 9.59 Å². The fourth-order valence-corrected chi connectivity index (χ4v) is 5.15. The van der Waals surface area contributed by atoms with Crippen LogP contribution in [0.2, 0.25) is 0 Å². The van der Waals surface area contributed by atoms with E-state index in [0.29, 0.717) is 28.0 Å². The number of hydrogen-bond acceptors (Lipinski definition) is 4. The zero-order chi connectivity index (χ0) is 22.0. The number of carbonyl (C=O) groups excluding carboxylic acids is 2. The van der Waals surface area contributed by atoms with Crippen molar-refractivity contribution < 1.29 is 14.3 Å². The van der Waals surface area contributed by atoms with Gasteiger partial charge in [0.05, 0.1) is 17.7 Å². The maximum atomic E-state index is 12.8. The van der Waals surface area contributed by atoms with Gasteiger partial charge in [-0.05, 0) is 60.2 Å². The maximum absolute atomic E-state index is 12.8. The summed E-state index contributed by atoms with van der Waals surface area (Å²) in [7, 11) is 1.62. The Balaban J connectivity index is 1.50. The van der Waals surface area contributed by atoms with E-state index in [1.54, 1.807) is 13.2 Å². The van der Waals surface area contributed by atoms with Crippen LogP contribution in [-0.2, 0) is 4.79 Å². The second kappa shape index (κ2) is 9.18. The molecule has 0 spiro atoms. The predicted octanol–water partition coefficient (Wildman–Crippen LogP) is 5.34. The Morgan fingerprint density at radius 1 is 1.19 bits per heavy atom. The number of nitrogens with one attached hydrogen (secondary N) is 2. The number of methoxy groups -OCH3 is 1. The molecule has 0 unspecified atom stereocenters. The zero-order valence-corrected chi connectivity index (χ0v) is 18.9. The molecular formula is C25H28N2O3S. The number of anilines is 1. The number of fused-ring (bicyclic) bond motifs is 1. The number of thioether (sulfide) groups is 1. The lowest BCUT2D eigenvalue weighted by Crippen LogP contribution is -2.43. The topological polar surface area (TPSA) is 67.4 Å². The third-order valence-electron chi connectivity index (χ3n) is 6.35. The molecule has 0 aromatic heterocycles. The van der Waals surface area contributed by atoms with Crippen LogP contribution in [-0.4, -0.2) is 25.0 Å². The number of carbonyl (C=O) groups is 2. The molecule has 31 heavy (non-hydrogen) atoms. The average molecular weight is 437 g/mol. The number of benzene rings is 2. The van der Waals surface area contributed by atoms with E-state index >= 15 is 0 Å². The minimum Gasteiger partial charge on any atom is -0.497 e. The second-order valence-corrected chi connectivity index (χ2v) is 9.48. The monoisotopic (exact) mass is 436 g/mol. The van der Waals surface area contributed by atoms with E-state index in [0.717, 1.165) is 29.1 Å². The van der Waals surface area contributed by atoms with Crippen LogP contribution >= 0.6 is 11.8 Å². The Morgan fingerprint density at radius 2 is 2.03 bits per heavy atom. The SMILES string of the molecule is COc1cccc(/C=C2/Sc3ccc(C(=O)N[C@@H]4CCC[C@H](C)[C@@H]4C)cc3NC2=O)c1. The van der Waals surface area contributed by atoms with E-state index in [-0.39, 0.29) is 17.9 Å². The summed E-state index contributed by atoms with van der Waals surface area (Å²) in [6.45, 7) is 4.47. The van der Waals surface area contributed by atoms with Gasteiger partial charge in [0, 0.05) is 16.5 Å². The molecule has 2 N–H and O–H groups in total. The maximum Gasteiger partial charge on any atom is 0.262 e. The van der Waals surface area contributed by atoms with Crippen LogP contribution in [0.4, 0.5) is 5.69 Å². The van der Waals surface area contributed by atoms with E-state index in [1.807, 2.05) is 42.5 Å². The Kier molecular flexibility index (Phi) is 6.37. The summed E-state index contributed by atoms with van der Waals surface area (Å²) >= 11 is 1.41. The first-order valence-corrected chi connectivity index (χ1v) is 11.6. The summed E-state index contributed by atoms with van der Waals surface area (Å²) in [5.74, 6) is 1.58. The molecule has 3 atom stereocenters. The molecular weight excluding hydrogens is 408 g/mol. The summed E-state index contributed by atoms with van der Waals surface area (Å²) in [4.78, 5) is 27.0. The highest BCUT2D eigenvalue weighted by Gasteiger charge is 2.29. The molecule has 1 aliphatic heterocycles. The van der Waals surface area contributed by atoms with Gasteiger partial charge in [-0.15, -0.1) is 0 Å². The zero-order valence-electron chi connectivity index (χ0n) is 18.1. The molecule has 0 saturated heterocycles. The Hall–Kier alpha value is -2.73. The Morgan fingerprint density at radius 3 is 2.84 bits per heavy atom. The van der Waals surface area contributed by atoms with Gasteiger partial charge >= 0.3 is 0 Å². The fourth-order valence-electron chi connectivity index (χ4n) is 4.22. The van der Waals surface area contributed by atoms with E-state index in [2.05, 4.69) is 24.5 Å². The van der Waals surface area contributed by atoms with Crippen LogP contribution < -0.4 is 15.4 Å². The third-order valence-corrected chi connectivity index (χ3v) is 7.45. The first kappa shape index (κ1) is 21.5. The molecule has 6 heteroatoms. The molecule has 1 heterocycles. The van der Waals surface area contributed by atoms with E-state index in [1.165, 1.54) is 18.2 Å². The Labute approximate surface area is 187 Å². The molecule has 2 amide bonds. The molecule has 0 radical (unpaired) electrons. The first-order valence-electron chi connectivity index (χ1n) is 10.7. The van der Waals surface area contributed by atoms with Crippen molar-refractivity contribution in [1.82, 2.24) is 5.32 Å². The van der Waals surface area contributed by atoms with Crippen molar-refractivity contribution in [3.63, 3.8) is 0 Å². The summed E-state index contributed by atoms with van der Waals surface area (Å²) in [5.41, 5.74) is 2.15. The number of ether oxygens (including phenoxy) is 1. The molecule has 1 fully saturated rings. The van der Waals surface area contributed by atoms with Gasteiger partial charge in [-0.3, -0.25) is 9.59 Å². The fraction of sp³-hybridized carbons (Fsp3) is 0.360. The molecule has 2 aromatic rings. The van der Waals surface area contributed by atoms with Crippen LogP contribution in [0, 0.1) is 11.8 Å². The van der Waals surface area contributed by atoms with Gasteiger partial charge in [0.25, 0.3) is 11.8 Å². The average Bonchev–Trinajstić information content (AvgIpc) is 2.77. The molecule has 1 saturated carbocycles. The van der Waals surface area contributed by atoms with Crippen molar-refractivity contribution >= 4 is 35.3 Å². The third kappa shape index (κ3) is 4.79. The molecule has 1 aliphatic carbocycles. The van der Waals surface area contributed by atoms with E-state index in [4.69, 9.17) is 4.74 Å². The van der Waals surface area contributed by atoms with Gasteiger partial charge in [0.15, 0.2) is 0 Å². The smallest absolute Gasteiger partial charge is 0.262 e. The van der Waals surface area contributed by atoms with Crippen LogP contribution in [0.5, 0.6) is 5.75 Å². The highest BCUT2D eigenvalue weighted by Crippen LogP contribution is 2.39. The minimum atomic E-state index is -0.174. The highest BCUT2D eigenvalue weighted by atomic mass is 32.2. The van der Waals surface area contributed by atoms with Crippen LogP contribution in [0.3, 0.4) is 0 Å². The lowest BCUT2D eigenvalue weighted by molar-refractivity contribution is -0.112. The van der Waals surface area contributed by atoms with Crippen molar-refractivity contribution in [2.75, 3.05) is 12.4 Å². The lowest BCUT2D eigenvalue weighted by Gasteiger charge is -2.34. The van der Waals surface area contributed by atoms with Crippen LogP contribution in [0.1, 0.15) is 49.0 Å². The minimum absolute atomic E-state index is 0.0780. The Bertz CT molecular complexity index is 1030. The quantitative estimate of drug-likeness (QED) is 0.635. The van der Waals surface area contributed by atoms with Crippen molar-refractivity contribution in [3.8, 4) is 5.75 Å². The second-order valence-electron chi connectivity index (χ2n) is 8.40. The molecule has 5 nitrogen and oxygen atoms in total. The van der Waals surface area contributed by atoms with Crippen molar-refractivity contribution in [2.45, 2.75) is 44.0 Å². The first-order chi connectivity index (χ1) is 14.9. The number of rotatable bonds is 4. The molecule has 0 bridgehead atoms. The normalized spacial score (nSPS) is 24.3. The van der Waals surface area contributed by atoms with Gasteiger partial charge in [0.2, 0.25) is 0 Å². The summed E-state index contributed by atoms with van der Waals surface area (Å²) in [6, 6.07) is 13.3. The summed E-state index contributed by atoms with van der Waals surface area (Å²) < 4.78 is 5.25. The standard InChI is InChI=1S/C25H28N2O3S/c1-15-6-4-9-20(16(15)2)26-24(28)18-10-11-22-21(14-18)27-25(29)23(31-22)13-17-7-5-8-19(12-17)30-3/h5,7-8,10-16,20H,4,6,9H2,1-3H3,(H,26,28)(H,27,29)/b23-13+/t15-,16-,20+/m0/s1. The molecule has 2 aliphatic rings. The van der Waals surface area contributed by atoms with Crippen molar-refractivity contribution in [2.24, 2.45) is 11.8 Å². The van der Waals surface area contributed by atoms with Gasteiger partial charge in [-0.25, -0.2) is 0 Å². The predicted molar refractivity (Wildman–Crippen MR) is 125 cm³/mol. The highest BCUT2D eigenvalue weighted by molar-refractivity contribution is 8.04. The van der Waals surface area contributed by atoms with Gasteiger partial charge in [0.1, 0.15) is 5.75 Å². The number of hydrogen-bond donors (Lipinski definition) is 2. The van der Waals surface area contributed by atoms with Crippen LogP contribution in [0.15, 0.2) is 52.3 Å².